The van der Waals surface area contributed by atoms with Crippen LogP contribution < -0.4 is 0 Å². The maximum Gasteiger partial charge on any atom is 0.466 e. The molecule has 0 saturated heterocycles. The Hall–Kier alpha value is -0.970. The summed E-state index contributed by atoms with van der Waals surface area (Å²) in [6.07, 6.45) is -11.2. The number of hydrogen-bond donors (Lipinski definition) is 0. The van der Waals surface area contributed by atoms with E-state index in [2.05, 4.69) is 0 Å². The molecule has 0 spiro atoms. The summed E-state index contributed by atoms with van der Waals surface area (Å²) >= 11 is 0. The van der Waals surface area contributed by atoms with Gasteiger partial charge in [-0.1, -0.05) is 0 Å². The lowest BCUT2D eigenvalue weighted by Gasteiger charge is -2.12. The van der Waals surface area contributed by atoms with E-state index in [1.165, 1.54) is 0 Å². The zero-order valence-corrected chi connectivity index (χ0v) is 5.55. The lowest BCUT2D eigenvalue weighted by molar-refractivity contribution is -0.255. The summed E-state index contributed by atoms with van der Waals surface area (Å²) in [6, 6.07) is 0. The maximum absolute atomic E-state index is 11.7. The molecule has 0 aliphatic heterocycles. The Balaban J connectivity index is 4.77. The molecule has 0 aliphatic carbocycles. The van der Waals surface area contributed by atoms with Crippen molar-refractivity contribution < 1.29 is 35.8 Å². The molecule has 0 unspecified atom stereocenters. The van der Waals surface area contributed by atoms with Crippen molar-refractivity contribution in [3.8, 4) is 11.8 Å². The Morgan fingerprint density at radius 1 is 0.769 bits per heavy atom. The summed E-state index contributed by atoms with van der Waals surface area (Å²) in [5.74, 6) is -5.77. The fourth-order valence-electron chi connectivity index (χ4n) is 0.222. The van der Waals surface area contributed by atoms with Crippen molar-refractivity contribution in [1.82, 2.24) is 0 Å². The van der Waals surface area contributed by atoms with Gasteiger partial charge in [0.1, 0.15) is 0 Å². The van der Waals surface area contributed by atoms with Gasteiger partial charge in [0.2, 0.25) is 0 Å². The Kier molecular flexibility index (Phi) is 2.84. The van der Waals surface area contributed by atoms with Crippen LogP contribution >= 0.6 is 0 Å². The molecule has 1 nitrogen and oxygen atoms in total. The summed E-state index contributed by atoms with van der Waals surface area (Å²) < 4.78 is 79.4. The molecule has 0 aromatic heterocycles. The minimum Gasteiger partial charge on any atom is -0.181 e. The molecule has 0 rings (SSSR count). The van der Waals surface area contributed by atoms with Crippen LogP contribution in [0.2, 0.25) is 0 Å². The molecule has 0 heterocycles. The highest BCUT2D eigenvalue weighted by atomic mass is 19.4. The first-order valence-corrected chi connectivity index (χ1v) is 2.53. The molecule has 0 amide bonds. The smallest absolute Gasteiger partial charge is 0.181 e. The second kappa shape index (κ2) is 3.06. The van der Waals surface area contributed by atoms with Gasteiger partial charge in [-0.25, -0.2) is 0 Å². The quantitative estimate of drug-likeness (QED) is 0.430. The molecule has 0 aromatic carbocycles. The van der Waals surface area contributed by atoms with Crippen molar-refractivity contribution >= 4 is 0 Å². The fourth-order valence-corrected chi connectivity index (χ4v) is 0.222. The topological polar surface area (TPSA) is 19.9 Å². The van der Waals surface area contributed by atoms with Crippen LogP contribution in [0.4, 0.5) is 30.7 Å². The van der Waals surface area contributed by atoms with Gasteiger partial charge in [0.25, 0.3) is 0 Å². The summed E-state index contributed by atoms with van der Waals surface area (Å²) in [6.45, 7) is 0. The van der Waals surface area contributed by atoms with Gasteiger partial charge in [-0.05, 0) is 5.92 Å². The van der Waals surface area contributed by atoms with Crippen LogP contribution in [0.15, 0.2) is 0 Å². The molecule has 0 atom stereocenters. The Bertz CT molecular complexity index is 236. The van der Waals surface area contributed by atoms with Crippen molar-refractivity contribution in [2.24, 2.45) is 0 Å². The number of alkyl halides is 7. The van der Waals surface area contributed by atoms with Crippen LogP contribution in [0.1, 0.15) is 0 Å². The van der Waals surface area contributed by atoms with E-state index in [1.54, 1.807) is 0 Å². The molecule has 1 radical (unpaired) electrons. The number of halogens is 7. The second-order valence-corrected chi connectivity index (χ2v) is 1.84. The van der Waals surface area contributed by atoms with Gasteiger partial charge in [0, 0.05) is 5.92 Å². The third-order valence-electron chi connectivity index (χ3n) is 0.721. The highest BCUT2D eigenvalue weighted by molar-refractivity contribution is 5.15. The summed E-state index contributed by atoms with van der Waals surface area (Å²) in [4.78, 5) is 0. The number of hydrogen-bond acceptors (Lipinski definition) is 0. The lowest BCUT2D eigenvalue weighted by Crippen LogP contribution is -2.35. The van der Waals surface area contributed by atoms with E-state index in [-0.39, 0.29) is 11.8 Å². The third kappa shape index (κ3) is 3.98. The zero-order valence-electron chi connectivity index (χ0n) is 5.55. The predicted molar refractivity (Wildman–Crippen MR) is 24.4 cm³/mol. The Morgan fingerprint density at radius 2 is 1.15 bits per heavy atom. The van der Waals surface area contributed by atoms with Gasteiger partial charge in [0.15, 0.2) is 0 Å². The van der Waals surface area contributed by atoms with Crippen molar-refractivity contribution in [3.63, 3.8) is 0 Å². The van der Waals surface area contributed by atoms with E-state index in [0.717, 1.165) is 0 Å². The average Bonchev–Trinajstić information content (AvgIpc) is 1.79. The van der Waals surface area contributed by atoms with Gasteiger partial charge in [0.05, 0.1) is 0 Å². The maximum atomic E-state index is 11.7. The second-order valence-electron chi connectivity index (χ2n) is 1.84. The highest BCUT2D eigenvalue weighted by Gasteiger charge is 2.57. The van der Waals surface area contributed by atoms with E-state index >= 15 is 0 Å². The normalized spacial score (nSPS) is 13.5. The van der Waals surface area contributed by atoms with Crippen LogP contribution in [0.25, 0.3) is 0 Å². The van der Waals surface area contributed by atoms with Gasteiger partial charge in [-0.3, -0.25) is 0 Å². The summed E-state index contributed by atoms with van der Waals surface area (Å²) in [5, 5.41) is 9.27. The first-order valence-electron chi connectivity index (χ1n) is 2.53. The third-order valence-corrected chi connectivity index (χ3v) is 0.721. The predicted octanol–water partition coefficient (Wildman–Crippen LogP) is 2.21. The molecule has 0 bridgehead atoms. The van der Waals surface area contributed by atoms with Crippen molar-refractivity contribution in [2.75, 3.05) is 0 Å². The van der Waals surface area contributed by atoms with Gasteiger partial charge < -0.3 is 0 Å². The van der Waals surface area contributed by atoms with Crippen molar-refractivity contribution in [2.45, 2.75) is 18.2 Å². The van der Waals surface area contributed by atoms with E-state index in [0.29, 0.717) is 0 Å². The molecule has 8 heteroatoms. The van der Waals surface area contributed by atoms with Crippen LogP contribution in [-0.4, -0.2) is 18.2 Å². The van der Waals surface area contributed by atoms with Gasteiger partial charge >= 0.3 is 18.2 Å². The van der Waals surface area contributed by atoms with Crippen LogP contribution in [-0.2, 0) is 5.11 Å². The zero-order chi connectivity index (χ0) is 10.9. The largest absolute Gasteiger partial charge is 0.466 e. The molecule has 0 aliphatic rings. The summed E-state index contributed by atoms with van der Waals surface area (Å²) in [7, 11) is 0. The molecule has 0 saturated carbocycles. The van der Waals surface area contributed by atoms with Crippen LogP contribution in [0.5, 0.6) is 0 Å². The molecule has 0 N–H and O–H groups in total. The minimum atomic E-state index is -6.06. The first kappa shape index (κ1) is 12.0. The van der Waals surface area contributed by atoms with Crippen LogP contribution in [0, 0.1) is 11.8 Å². The van der Waals surface area contributed by atoms with Crippen molar-refractivity contribution in [3.05, 3.63) is 0 Å². The fraction of sp³-hybridized carbons (Fsp3) is 0.600. The molecule has 75 valence electrons. The molecule has 0 fully saturated rings. The van der Waals surface area contributed by atoms with E-state index in [9.17, 15) is 35.8 Å². The highest BCUT2D eigenvalue weighted by Crippen LogP contribution is 2.34. The van der Waals surface area contributed by atoms with E-state index < -0.39 is 18.2 Å². The number of rotatable bonds is 0. The molecular weight excluding hydrogens is 209 g/mol. The lowest BCUT2D eigenvalue weighted by atomic mass is 10.3. The van der Waals surface area contributed by atoms with Gasteiger partial charge in [-0.15, -0.1) is 5.11 Å². The van der Waals surface area contributed by atoms with E-state index in [4.69, 9.17) is 0 Å². The van der Waals surface area contributed by atoms with E-state index in [1.807, 2.05) is 0 Å². The Morgan fingerprint density at radius 3 is 1.38 bits per heavy atom. The van der Waals surface area contributed by atoms with Gasteiger partial charge in [-0.2, -0.15) is 30.7 Å². The SMILES string of the molecule is [O]C(F)(F)C#CC(F)(F)C(F)(F)F. The summed E-state index contributed by atoms with van der Waals surface area (Å²) in [5.41, 5.74) is 0. The minimum absolute atomic E-state index is 0.0402. The standard InChI is InChI=1S/C5F7O/c6-3(7,5(10,11)12)1-2-4(8,9)13. The first-order chi connectivity index (χ1) is 5.46. The molecular formula is C5F7O. The Labute approximate surface area is 67.2 Å². The molecule has 0 aromatic rings. The molecule has 13 heavy (non-hydrogen) atoms. The van der Waals surface area contributed by atoms with Crippen molar-refractivity contribution in [1.29, 1.82) is 0 Å². The average molecular weight is 209 g/mol. The van der Waals surface area contributed by atoms with Crippen LogP contribution in [0.3, 0.4) is 0 Å². The monoisotopic (exact) mass is 209 g/mol.